The highest BCUT2D eigenvalue weighted by molar-refractivity contribution is 7.22. The van der Waals surface area contributed by atoms with Gasteiger partial charge >= 0.3 is 0 Å². The van der Waals surface area contributed by atoms with Crippen LogP contribution in [0.1, 0.15) is 33.8 Å². The summed E-state index contributed by atoms with van der Waals surface area (Å²) in [6.45, 7) is 2.10. The van der Waals surface area contributed by atoms with Crippen LogP contribution in [-0.2, 0) is 4.79 Å². The Balaban J connectivity index is 1.16. The summed E-state index contributed by atoms with van der Waals surface area (Å²) in [5, 5.41) is 6.82. The van der Waals surface area contributed by atoms with Gasteiger partial charge in [-0.3, -0.25) is 9.59 Å². The monoisotopic (exact) mass is 505 g/mol. The van der Waals surface area contributed by atoms with Gasteiger partial charge in [0.05, 0.1) is 20.9 Å². The van der Waals surface area contributed by atoms with Crippen molar-refractivity contribution < 1.29 is 19.1 Å². The smallest absolute Gasteiger partial charge is 0.255 e. The zero-order chi connectivity index (χ0) is 24.1. The average Bonchev–Trinajstić information content (AvgIpc) is 3.31. The molecule has 4 aromatic rings. The number of nitrogens with zero attached hydrogens (tertiary/aromatic N) is 1. The van der Waals surface area contributed by atoms with Crippen molar-refractivity contribution in [1.29, 1.82) is 0 Å². The summed E-state index contributed by atoms with van der Waals surface area (Å²) in [5.41, 5.74) is 3.69. The van der Waals surface area contributed by atoms with Gasteiger partial charge in [-0.2, -0.15) is 0 Å². The summed E-state index contributed by atoms with van der Waals surface area (Å²) in [6.07, 6.45) is 0.752. The summed E-state index contributed by atoms with van der Waals surface area (Å²) in [6, 6.07) is 16.5. The number of halogens is 1. The summed E-state index contributed by atoms with van der Waals surface area (Å²) in [7, 11) is 0. The minimum absolute atomic E-state index is 0.0715. The predicted octanol–water partition coefficient (Wildman–Crippen LogP) is 5.98. The molecular formula is C26H20ClN3O4S. The van der Waals surface area contributed by atoms with E-state index in [1.54, 1.807) is 24.3 Å². The largest absolute Gasteiger partial charge is 0.454 e. The van der Waals surface area contributed by atoms with Crippen LogP contribution < -0.4 is 20.1 Å². The predicted molar refractivity (Wildman–Crippen MR) is 136 cm³/mol. The Labute approximate surface area is 210 Å². The van der Waals surface area contributed by atoms with E-state index in [0.29, 0.717) is 21.4 Å². The van der Waals surface area contributed by atoms with Gasteiger partial charge in [0.2, 0.25) is 12.7 Å². The van der Waals surface area contributed by atoms with Gasteiger partial charge in [0, 0.05) is 23.0 Å². The molecule has 6 rings (SSSR count). The van der Waals surface area contributed by atoms with Gasteiger partial charge in [-0.05, 0) is 49.2 Å². The zero-order valence-electron chi connectivity index (χ0n) is 18.6. The molecule has 2 aliphatic rings. The first-order chi connectivity index (χ1) is 17.0. The van der Waals surface area contributed by atoms with Crippen LogP contribution in [0.4, 0.5) is 10.8 Å². The van der Waals surface area contributed by atoms with E-state index in [0.717, 1.165) is 39.3 Å². The first-order valence-corrected chi connectivity index (χ1v) is 12.3. The van der Waals surface area contributed by atoms with Crippen LogP contribution in [0.2, 0.25) is 5.02 Å². The van der Waals surface area contributed by atoms with Gasteiger partial charge in [0.1, 0.15) is 0 Å². The fourth-order valence-corrected chi connectivity index (χ4v) is 5.54. The lowest BCUT2D eigenvalue weighted by Gasteiger charge is -2.10. The molecule has 9 heteroatoms. The first-order valence-electron chi connectivity index (χ1n) is 11.1. The molecular weight excluding hydrogens is 486 g/mol. The van der Waals surface area contributed by atoms with Gasteiger partial charge in [-0.15, -0.1) is 0 Å². The molecule has 35 heavy (non-hydrogen) atoms. The number of hydrogen-bond acceptors (Lipinski definition) is 6. The average molecular weight is 506 g/mol. The fraction of sp³-hybridized carbons (Fsp3) is 0.192. The molecule has 2 N–H and O–H groups in total. The van der Waals surface area contributed by atoms with Crippen molar-refractivity contribution in [2.45, 2.75) is 19.3 Å². The van der Waals surface area contributed by atoms with Crippen molar-refractivity contribution in [3.8, 4) is 11.5 Å². The van der Waals surface area contributed by atoms with Gasteiger partial charge in [0.15, 0.2) is 16.6 Å². The SMILES string of the molecule is Cc1cccc(Cl)c1NC(=O)c1ccc2nc(NC(=O)C3C[C@H]3c3cccc4c3OCO4)sc2c1. The Hall–Kier alpha value is -3.62. The third-order valence-corrected chi connectivity index (χ3v) is 7.54. The number of nitrogens with one attached hydrogen (secondary N) is 2. The second-order valence-electron chi connectivity index (χ2n) is 8.61. The van der Waals surface area contributed by atoms with Gasteiger partial charge < -0.3 is 20.1 Å². The Kier molecular flexibility index (Phi) is 5.35. The van der Waals surface area contributed by atoms with Crippen LogP contribution in [0.3, 0.4) is 0 Å². The van der Waals surface area contributed by atoms with Crippen molar-refractivity contribution >= 4 is 55.8 Å². The number of fused-ring (bicyclic) bond motifs is 2. The van der Waals surface area contributed by atoms with Crippen molar-refractivity contribution in [3.63, 3.8) is 0 Å². The van der Waals surface area contributed by atoms with Crippen LogP contribution in [0.15, 0.2) is 54.6 Å². The summed E-state index contributed by atoms with van der Waals surface area (Å²) < 4.78 is 11.8. The maximum absolute atomic E-state index is 12.9. The molecule has 2 amide bonds. The number of thiazole rings is 1. The highest BCUT2D eigenvalue weighted by Crippen LogP contribution is 2.53. The topological polar surface area (TPSA) is 89.6 Å². The van der Waals surface area contributed by atoms with E-state index in [2.05, 4.69) is 15.6 Å². The van der Waals surface area contributed by atoms with Gasteiger partial charge in [-0.1, -0.05) is 47.2 Å². The van der Waals surface area contributed by atoms with Gasteiger partial charge in [0.25, 0.3) is 5.91 Å². The molecule has 0 radical (unpaired) electrons. The van der Waals surface area contributed by atoms with Crippen LogP contribution in [-0.4, -0.2) is 23.6 Å². The van der Waals surface area contributed by atoms with Crippen molar-refractivity contribution in [3.05, 3.63) is 76.3 Å². The van der Waals surface area contributed by atoms with Crippen LogP contribution in [0.25, 0.3) is 10.2 Å². The highest BCUT2D eigenvalue weighted by atomic mass is 35.5. The number of para-hydroxylation sites is 2. The van der Waals surface area contributed by atoms with E-state index < -0.39 is 0 Å². The third-order valence-electron chi connectivity index (χ3n) is 6.29. The molecule has 1 unspecified atom stereocenters. The van der Waals surface area contributed by atoms with Gasteiger partial charge in [-0.25, -0.2) is 4.98 Å². The van der Waals surface area contributed by atoms with E-state index >= 15 is 0 Å². The Morgan fingerprint density at radius 2 is 1.94 bits per heavy atom. The Morgan fingerprint density at radius 3 is 2.80 bits per heavy atom. The third kappa shape index (κ3) is 4.09. The Bertz CT molecular complexity index is 1480. The Morgan fingerprint density at radius 1 is 1.09 bits per heavy atom. The summed E-state index contributed by atoms with van der Waals surface area (Å²) in [5.74, 6) is 1.10. The van der Waals surface area contributed by atoms with E-state index in [-0.39, 0.29) is 30.4 Å². The second-order valence-corrected chi connectivity index (χ2v) is 10.0. The lowest BCUT2D eigenvalue weighted by atomic mass is 10.1. The lowest BCUT2D eigenvalue weighted by Crippen LogP contribution is -2.14. The molecule has 1 aliphatic carbocycles. The number of rotatable bonds is 5. The molecule has 2 heterocycles. The molecule has 1 aliphatic heterocycles. The van der Waals surface area contributed by atoms with E-state index in [9.17, 15) is 9.59 Å². The molecule has 0 spiro atoms. The number of hydrogen-bond donors (Lipinski definition) is 2. The van der Waals surface area contributed by atoms with E-state index in [4.69, 9.17) is 21.1 Å². The molecule has 2 atom stereocenters. The zero-order valence-corrected chi connectivity index (χ0v) is 20.2. The maximum atomic E-state index is 12.9. The standard InChI is InChI=1S/C26H20ClN3O4S/c1-13-4-2-6-18(27)22(13)29-24(31)14-8-9-19-21(10-14)35-26(28-19)30-25(32)17-11-16(17)15-5-3-7-20-23(15)34-12-33-20/h2-10,16-17H,11-12H2,1H3,(H,29,31)(H,28,30,32)/t16-,17?/m0/s1. The number of carbonyl (C=O) groups excluding carboxylic acids is 2. The molecule has 176 valence electrons. The molecule has 0 saturated heterocycles. The molecule has 1 aromatic heterocycles. The molecule has 1 fully saturated rings. The number of anilines is 2. The normalized spacial score (nSPS) is 17.9. The van der Waals surface area contributed by atoms with Crippen LogP contribution in [0, 0.1) is 12.8 Å². The number of aryl methyl sites for hydroxylation is 1. The van der Waals surface area contributed by atoms with E-state index in [1.807, 2.05) is 37.3 Å². The molecule has 7 nitrogen and oxygen atoms in total. The minimum Gasteiger partial charge on any atom is -0.454 e. The number of ether oxygens (including phenoxy) is 2. The molecule has 0 bridgehead atoms. The molecule has 1 saturated carbocycles. The van der Waals surface area contributed by atoms with E-state index in [1.165, 1.54) is 11.3 Å². The van der Waals surface area contributed by atoms with Crippen LogP contribution in [0.5, 0.6) is 11.5 Å². The second kappa shape index (κ2) is 8.55. The quantitative estimate of drug-likeness (QED) is 0.348. The number of carbonyl (C=O) groups is 2. The van der Waals surface area contributed by atoms with Crippen molar-refractivity contribution in [2.75, 3.05) is 17.4 Å². The number of benzene rings is 3. The molecule has 3 aromatic carbocycles. The number of amides is 2. The first kappa shape index (κ1) is 21.9. The minimum atomic E-state index is -0.260. The van der Waals surface area contributed by atoms with Crippen molar-refractivity contribution in [2.24, 2.45) is 5.92 Å². The summed E-state index contributed by atoms with van der Waals surface area (Å²) >= 11 is 7.58. The maximum Gasteiger partial charge on any atom is 0.255 e. The van der Waals surface area contributed by atoms with Crippen molar-refractivity contribution in [1.82, 2.24) is 4.98 Å². The summed E-state index contributed by atoms with van der Waals surface area (Å²) in [4.78, 5) is 30.2. The highest BCUT2D eigenvalue weighted by Gasteiger charge is 2.46. The fourth-order valence-electron chi connectivity index (χ4n) is 4.37. The lowest BCUT2D eigenvalue weighted by molar-refractivity contribution is -0.117. The van der Waals surface area contributed by atoms with Crippen LogP contribution >= 0.6 is 22.9 Å². The number of aromatic nitrogens is 1.